The van der Waals surface area contributed by atoms with Crippen molar-refractivity contribution in [2.75, 3.05) is 80.2 Å². The third kappa shape index (κ3) is 7.59. The molecule has 0 aliphatic carbocycles. The Kier molecular flexibility index (Phi) is 9.30. The van der Waals surface area contributed by atoms with Crippen molar-refractivity contribution in [3.05, 3.63) is 65.7 Å². The lowest BCUT2D eigenvalue weighted by atomic mass is 10.2. The summed E-state index contributed by atoms with van der Waals surface area (Å²) >= 11 is 1.80. The number of aryl methyl sites for hydroxylation is 1. The van der Waals surface area contributed by atoms with E-state index in [0.717, 1.165) is 49.1 Å². The molecule has 1 N–H and O–H groups in total. The SMILES string of the molecule is Cc1ccc(SCCOc2ccc(/C=N\Nc3cc(N4CCOCC4)nc(N4CCOCC4)n3)cc2)cc1. The van der Waals surface area contributed by atoms with Crippen LogP contribution in [0.15, 0.2) is 64.6 Å². The molecule has 9 nitrogen and oxygen atoms in total. The average molecular weight is 535 g/mol. The fraction of sp³-hybridized carbons (Fsp3) is 0.393. The van der Waals surface area contributed by atoms with Gasteiger partial charge in [-0.05, 0) is 48.9 Å². The fourth-order valence-corrected chi connectivity index (χ4v) is 4.85. The summed E-state index contributed by atoms with van der Waals surface area (Å²) < 4.78 is 16.9. The first-order valence-electron chi connectivity index (χ1n) is 13.0. The van der Waals surface area contributed by atoms with Crippen LogP contribution in [0.3, 0.4) is 0 Å². The first-order chi connectivity index (χ1) is 18.7. The van der Waals surface area contributed by atoms with Crippen molar-refractivity contribution in [1.29, 1.82) is 0 Å². The molecule has 2 saturated heterocycles. The summed E-state index contributed by atoms with van der Waals surface area (Å²) in [5, 5.41) is 4.43. The van der Waals surface area contributed by atoms with Gasteiger partial charge in [0.05, 0.1) is 39.2 Å². The first kappa shape index (κ1) is 26.3. The number of benzene rings is 2. The number of rotatable bonds is 10. The molecule has 0 amide bonds. The maximum atomic E-state index is 5.90. The fourth-order valence-electron chi connectivity index (χ4n) is 4.12. The number of hydrogen-bond acceptors (Lipinski definition) is 10. The minimum absolute atomic E-state index is 0.651. The van der Waals surface area contributed by atoms with Gasteiger partial charge in [-0.3, -0.25) is 5.43 Å². The third-order valence-electron chi connectivity index (χ3n) is 6.24. The van der Waals surface area contributed by atoms with Crippen molar-refractivity contribution in [3.63, 3.8) is 0 Å². The number of anilines is 3. The van der Waals surface area contributed by atoms with Crippen molar-refractivity contribution in [2.45, 2.75) is 11.8 Å². The standard InChI is InChI=1S/C28H34N6O3S/c1-22-2-8-25(9-3-22)38-19-18-37-24-6-4-23(5-7-24)21-29-32-26-20-27(33-10-14-35-15-11-33)31-28(30-26)34-12-16-36-17-13-34/h2-9,20-21H,10-19H2,1H3,(H,30,31,32)/b29-21-. The Labute approximate surface area is 228 Å². The Hall–Kier alpha value is -3.34. The Morgan fingerprint density at radius 1 is 0.921 bits per heavy atom. The van der Waals surface area contributed by atoms with Crippen LogP contribution < -0.4 is 20.0 Å². The summed E-state index contributed by atoms with van der Waals surface area (Å²) in [6.07, 6.45) is 1.78. The molecule has 3 heterocycles. The Morgan fingerprint density at radius 3 is 2.32 bits per heavy atom. The van der Waals surface area contributed by atoms with Crippen LogP contribution in [-0.4, -0.2) is 81.1 Å². The molecule has 5 rings (SSSR count). The van der Waals surface area contributed by atoms with Gasteiger partial charge in [0.2, 0.25) is 5.95 Å². The van der Waals surface area contributed by atoms with Crippen molar-refractivity contribution in [3.8, 4) is 5.75 Å². The predicted molar refractivity (Wildman–Crippen MR) is 153 cm³/mol. The number of aromatic nitrogens is 2. The smallest absolute Gasteiger partial charge is 0.229 e. The van der Waals surface area contributed by atoms with Crippen LogP contribution in [0.25, 0.3) is 0 Å². The van der Waals surface area contributed by atoms with Gasteiger partial charge in [-0.15, -0.1) is 11.8 Å². The summed E-state index contributed by atoms with van der Waals surface area (Å²) in [4.78, 5) is 15.2. The molecule has 2 aromatic carbocycles. The lowest BCUT2D eigenvalue weighted by molar-refractivity contribution is 0.121. The lowest BCUT2D eigenvalue weighted by Crippen LogP contribution is -2.39. The van der Waals surface area contributed by atoms with Gasteiger partial charge in [-0.1, -0.05) is 17.7 Å². The number of hydrogen-bond donors (Lipinski definition) is 1. The first-order valence-corrected chi connectivity index (χ1v) is 14.0. The number of nitrogens with zero attached hydrogens (tertiary/aromatic N) is 5. The maximum Gasteiger partial charge on any atom is 0.229 e. The molecule has 0 unspecified atom stereocenters. The van der Waals surface area contributed by atoms with Crippen LogP contribution in [0.5, 0.6) is 5.75 Å². The highest BCUT2D eigenvalue weighted by molar-refractivity contribution is 7.99. The highest BCUT2D eigenvalue weighted by Gasteiger charge is 2.19. The third-order valence-corrected chi connectivity index (χ3v) is 7.22. The molecule has 0 spiro atoms. The van der Waals surface area contributed by atoms with Gasteiger partial charge in [0.15, 0.2) is 5.82 Å². The second kappa shape index (κ2) is 13.5. The quantitative estimate of drug-likeness (QED) is 0.179. The van der Waals surface area contributed by atoms with Crippen molar-refractivity contribution >= 4 is 35.6 Å². The highest BCUT2D eigenvalue weighted by atomic mass is 32.2. The van der Waals surface area contributed by atoms with Gasteiger partial charge in [-0.25, -0.2) is 0 Å². The van der Waals surface area contributed by atoms with Gasteiger partial charge in [0.1, 0.15) is 11.6 Å². The number of ether oxygens (including phenoxy) is 3. The van der Waals surface area contributed by atoms with Crippen LogP contribution >= 0.6 is 11.8 Å². The van der Waals surface area contributed by atoms with Gasteiger partial charge in [0, 0.05) is 42.9 Å². The van der Waals surface area contributed by atoms with Crippen LogP contribution in [0.1, 0.15) is 11.1 Å². The molecule has 3 aromatic rings. The number of thioether (sulfide) groups is 1. The number of hydrazone groups is 1. The van der Waals surface area contributed by atoms with Crippen molar-refractivity contribution < 1.29 is 14.2 Å². The maximum absolute atomic E-state index is 5.90. The molecule has 38 heavy (non-hydrogen) atoms. The molecular weight excluding hydrogens is 500 g/mol. The van der Waals surface area contributed by atoms with Crippen LogP contribution in [0.2, 0.25) is 0 Å². The van der Waals surface area contributed by atoms with E-state index in [1.54, 1.807) is 18.0 Å². The molecule has 0 radical (unpaired) electrons. The van der Waals surface area contributed by atoms with Crippen LogP contribution in [0, 0.1) is 6.92 Å². The topological polar surface area (TPSA) is 84.3 Å². The number of morpholine rings is 2. The molecule has 1 aromatic heterocycles. The van der Waals surface area contributed by atoms with Gasteiger partial charge in [-0.2, -0.15) is 15.1 Å². The summed E-state index contributed by atoms with van der Waals surface area (Å²) in [5.74, 6) is 3.97. The van der Waals surface area contributed by atoms with E-state index in [9.17, 15) is 0 Å². The molecular formula is C28H34N6O3S. The van der Waals surface area contributed by atoms with Gasteiger partial charge < -0.3 is 24.0 Å². The normalized spacial score (nSPS) is 16.1. The van der Waals surface area contributed by atoms with E-state index >= 15 is 0 Å². The summed E-state index contributed by atoms with van der Waals surface area (Å²) in [6, 6.07) is 18.4. The zero-order valence-electron chi connectivity index (χ0n) is 21.7. The Bertz CT molecular complexity index is 1140. The predicted octanol–water partition coefficient (Wildman–Crippen LogP) is 4.08. The van der Waals surface area contributed by atoms with E-state index in [4.69, 9.17) is 24.2 Å². The van der Waals surface area contributed by atoms with Crippen LogP contribution in [0.4, 0.5) is 17.6 Å². The van der Waals surface area contributed by atoms with E-state index in [1.807, 2.05) is 30.3 Å². The van der Waals surface area contributed by atoms with E-state index in [0.29, 0.717) is 44.8 Å². The zero-order chi connectivity index (χ0) is 26.0. The second-order valence-corrected chi connectivity index (χ2v) is 10.2. The lowest BCUT2D eigenvalue weighted by Gasteiger charge is -2.31. The van der Waals surface area contributed by atoms with Crippen molar-refractivity contribution in [2.24, 2.45) is 5.10 Å². The minimum Gasteiger partial charge on any atom is -0.493 e. The minimum atomic E-state index is 0.651. The van der Waals surface area contributed by atoms with E-state index in [2.05, 4.69) is 51.5 Å². The molecule has 10 heteroatoms. The molecule has 0 atom stereocenters. The van der Waals surface area contributed by atoms with Crippen LogP contribution in [-0.2, 0) is 9.47 Å². The molecule has 2 aliphatic rings. The van der Waals surface area contributed by atoms with Crippen molar-refractivity contribution in [1.82, 2.24) is 9.97 Å². The van der Waals surface area contributed by atoms with Gasteiger partial charge >= 0.3 is 0 Å². The largest absolute Gasteiger partial charge is 0.493 e. The molecule has 0 saturated carbocycles. The highest BCUT2D eigenvalue weighted by Crippen LogP contribution is 2.23. The number of nitrogens with one attached hydrogen (secondary N) is 1. The monoisotopic (exact) mass is 534 g/mol. The van der Waals surface area contributed by atoms with E-state index < -0.39 is 0 Å². The molecule has 0 bridgehead atoms. The zero-order valence-corrected chi connectivity index (χ0v) is 22.5. The summed E-state index contributed by atoms with van der Waals surface area (Å²) in [5.41, 5.74) is 5.34. The van der Waals surface area contributed by atoms with Gasteiger partial charge in [0.25, 0.3) is 0 Å². The van der Waals surface area contributed by atoms with E-state index in [1.165, 1.54) is 10.5 Å². The van der Waals surface area contributed by atoms with E-state index in [-0.39, 0.29) is 0 Å². The second-order valence-electron chi connectivity index (χ2n) is 9.06. The summed E-state index contributed by atoms with van der Waals surface area (Å²) in [6.45, 7) is 8.66. The summed E-state index contributed by atoms with van der Waals surface area (Å²) in [7, 11) is 0. The average Bonchev–Trinajstić information content (AvgIpc) is 2.98. The molecule has 2 aliphatic heterocycles. The molecule has 2 fully saturated rings. The Morgan fingerprint density at radius 2 is 1.61 bits per heavy atom. The Balaban J connectivity index is 1.16. The molecule has 200 valence electrons.